The van der Waals surface area contributed by atoms with Crippen molar-refractivity contribution in [3.63, 3.8) is 0 Å². The van der Waals surface area contributed by atoms with Crippen LogP contribution >= 0.6 is 11.6 Å². The highest BCUT2D eigenvalue weighted by atomic mass is 35.5. The smallest absolute Gasteiger partial charge is 0.258 e. The van der Waals surface area contributed by atoms with Crippen LogP contribution in [0.15, 0.2) is 42.6 Å². The summed E-state index contributed by atoms with van der Waals surface area (Å²) in [6, 6.07) is 10.6. The summed E-state index contributed by atoms with van der Waals surface area (Å²) in [5, 5.41) is 6.50. The molecular formula is C18H21ClN4O2. The molecule has 0 bridgehead atoms. The molecule has 0 radical (unpaired) electrons. The average Bonchev–Trinajstić information content (AvgIpc) is 2.64. The Morgan fingerprint density at radius 3 is 2.72 bits per heavy atom. The Bertz CT molecular complexity index is 702. The van der Waals surface area contributed by atoms with Crippen LogP contribution in [-0.2, 0) is 4.74 Å². The molecule has 0 unspecified atom stereocenters. The maximum Gasteiger partial charge on any atom is 0.258 e. The molecular weight excluding hydrogens is 340 g/mol. The minimum atomic E-state index is -0.272. The van der Waals surface area contributed by atoms with Crippen molar-refractivity contribution in [2.75, 3.05) is 50.0 Å². The Kier molecular flexibility index (Phi) is 6.22. The SMILES string of the molecule is O=C(Nc1ccc(NCCN2CCOCC2)cn1)c1ccccc1Cl. The molecule has 0 atom stereocenters. The van der Waals surface area contributed by atoms with Gasteiger partial charge in [-0.05, 0) is 24.3 Å². The van der Waals surface area contributed by atoms with Gasteiger partial charge in [-0.3, -0.25) is 9.69 Å². The Hall–Kier alpha value is -2.15. The number of nitrogens with one attached hydrogen (secondary N) is 2. The van der Waals surface area contributed by atoms with Gasteiger partial charge in [-0.15, -0.1) is 0 Å². The molecule has 1 amide bonds. The second-order valence-corrected chi connectivity index (χ2v) is 6.15. The van der Waals surface area contributed by atoms with E-state index < -0.39 is 0 Å². The Morgan fingerprint density at radius 2 is 2.00 bits per heavy atom. The first-order valence-electron chi connectivity index (χ1n) is 8.28. The van der Waals surface area contributed by atoms with E-state index in [-0.39, 0.29) is 5.91 Å². The Morgan fingerprint density at radius 1 is 1.20 bits per heavy atom. The number of carbonyl (C=O) groups excluding carboxylic acids is 1. The molecule has 1 aromatic heterocycles. The van der Waals surface area contributed by atoms with Crippen molar-refractivity contribution >= 4 is 29.0 Å². The monoisotopic (exact) mass is 360 g/mol. The van der Waals surface area contributed by atoms with Crippen molar-refractivity contribution in [1.82, 2.24) is 9.88 Å². The number of morpholine rings is 1. The van der Waals surface area contributed by atoms with E-state index in [0.717, 1.165) is 45.1 Å². The molecule has 132 valence electrons. The summed E-state index contributed by atoms with van der Waals surface area (Å²) >= 11 is 6.03. The normalized spacial score (nSPS) is 14.9. The minimum absolute atomic E-state index is 0.272. The summed E-state index contributed by atoms with van der Waals surface area (Å²) in [6.07, 6.45) is 1.71. The predicted octanol–water partition coefficient (Wildman–Crippen LogP) is 2.73. The van der Waals surface area contributed by atoms with Crippen LogP contribution < -0.4 is 10.6 Å². The number of nitrogens with zero attached hydrogens (tertiary/aromatic N) is 2. The molecule has 1 saturated heterocycles. The zero-order valence-electron chi connectivity index (χ0n) is 13.9. The molecule has 7 heteroatoms. The summed E-state index contributed by atoms with van der Waals surface area (Å²) < 4.78 is 5.33. The second-order valence-electron chi connectivity index (χ2n) is 5.75. The number of aromatic nitrogens is 1. The Balaban J connectivity index is 1.48. The standard InChI is InChI=1S/C18H21ClN4O2/c19-16-4-2-1-3-15(16)18(24)22-17-6-5-14(13-21-17)20-7-8-23-9-11-25-12-10-23/h1-6,13,20H,7-12H2,(H,21,22,24). The number of anilines is 2. The van der Waals surface area contributed by atoms with E-state index in [1.165, 1.54) is 0 Å². The maximum absolute atomic E-state index is 12.2. The third-order valence-corrected chi connectivity index (χ3v) is 4.31. The summed E-state index contributed by atoms with van der Waals surface area (Å²) in [5.41, 5.74) is 1.35. The van der Waals surface area contributed by atoms with Gasteiger partial charge in [-0.1, -0.05) is 23.7 Å². The average molecular weight is 361 g/mol. The third-order valence-electron chi connectivity index (χ3n) is 3.98. The lowest BCUT2D eigenvalue weighted by Crippen LogP contribution is -2.39. The van der Waals surface area contributed by atoms with Crippen molar-refractivity contribution in [2.45, 2.75) is 0 Å². The van der Waals surface area contributed by atoms with E-state index in [1.54, 1.807) is 36.5 Å². The number of carbonyl (C=O) groups is 1. The topological polar surface area (TPSA) is 66.5 Å². The molecule has 6 nitrogen and oxygen atoms in total. The largest absolute Gasteiger partial charge is 0.383 e. The van der Waals surface area contributed by atoms with E-state index in [9.17, 15) is 4.79 Å². The third kappa shape index (κ3) is 5.16. The fourth-order valence-electron chi connectivity index (χ4n) is 2.58. The number of ether oxygens (including phenoxy) is 1. The molecule has 1 aliphatic rings. The molecule has 25 heavy (non-hydrogen) atoms. The van der Waals surface area contributed by atoms with Gasteiger partial charge in [0.1, 0.15) is 5.82 Å². The van der Waals surface area contributed by atoms with Crippen LogP contribution in [0.4, 0.5) is 11.5 Å². The zero-order chi connectivity index (χ0) is 17.5. The number of hydrogen-bond donors (Lipinski definition) is 2. The van der Waals surface area contributed by atoms with Gasteiger partial charge in [0.05, 0.1) is 35.7 Å². The van der Waals surface area contributed by atoms with Gasteiger partial charge in [0, 0.05) is 26.2 Å². The molecule has 0 saturated carbocycles. The molecule has 0 spiro atoms. The number of rotatable bonds is 6. The molecule has 0 aliphatic carbocycles. The highest BCUT2D eigenvalue weighted by molar-refractivity contribution is 6.34. The number of benzene rings is 1. The van der Waals surface area contributed by atoms with E-state index in [1.807, 2.05) is 6.07 Å². The van der Waals surface area contributed by atoms with Crippen LogP contribution in [0.3, 0.4) is 0 Å². The van der Waals surface area contributed by atoms with Crippen LogP contribution in [-0.4, -0.2) is 55.2 Å². The lowest BCUT2D eigenvalue weighted by atomic mass is 10.2. The van der Waals surface area contributed by atoms with Crippen molar-refractivity contribution in [3.05, 3.63) is 53.2 Å². The number of pyridine rings is 1. The van der Waals surface area contributed by atoms with Crippen molar-refractivity contribution in [2.24, 2.45) is 0 Å². The first kappa shape index (κ1) is 17.7. The second kappa shape index (κ2) is 8.80. The molecule has 1 aliphatic heterocycles. The summed E-state index contributed by atoms with van der Waals surface area (Å²) in [6.45, 7) is 5.38. The molecule has 2 N–H and O–H groups in total. The highest BCUT2D eigenvalue weighted by Crippen LogP contribution is 2.17. The van der Waals surface area contributed by atoms with E-state index in [4.69, 9.17) is 16.3 Å². The quantitative estimate of drug-likeness (QED) is 0.829. The molecule has 1 fully saturated rings. The van der Waals surface area contributed by atoms with Crippen molar-refractivity contribution in [3.8, 4) is 0 Å². The minimum Gasteiger partial charge on any atom is -0.383 e. The molecule has 2 heterocycles. The first-order chi connectivity index (χ1) is 12.2. The fourth-order valence-corrected chi connectivity index (χ4v) is 2.81. The van der Waals surface area contributed by atoms with E-state index in [2.05, 4.69) is 20.5 Å². The Labute approximate surface area is 152 Å². The van der Waals surface area contributed by atoms with E-state index in [0.29, 0.717) is 16.4 Å². The van der Waals surface area contributed by atoms with Crippen molar-refractivity contribution < 1.29 is 9.53 Å². The lowest BCUT2D eigenvalue weighted by molar-refractivity contribution is 0.0398. The van der Waals surface area contributed by atoms with Gasteiger partial charge in [-0.25, -0.2) is 4.98 Å². The molecule has 3 rings (SSSR count). The van der Waals surface area contributed by atoms with Gasteiger partial charge in [0.25, 0.3) is 5.91 Å². The van der Waals surface area contributed by atoms with Gasteiger partial charge in [0.2, 0.25) is 0 Å². The molecule has 2 aromatic rings. The zero-order valence-corrected chi connectivity index (χ0v) is 14.6. The van der Waals surface area contributed by atoms with Crippen LogP contribution in [0.25, 0.3) is 0 Å². The van der Waals surface area contributed by atoms with Crippen molar-refractivity contribution in [1.29, 1.82) is 0 Å². The van der Waals surface area contributed by atoms with Crippen LogP contribution in [0.2, 0.25) is 5.02 Å². The number of amides is 1. The van der Waals surface area contributed by atoms with E-state index >= 15 is 0 Å². The number of hydrogen-bond acceptors (Lipinski definition) is 5. The van der Waals surface area contributed by atoms with Crippen LogP contribution in [0, 0.1) is 0 Å². The maximum atomic E-state index is 12.2. The van der Waals surface area contributed by atoms with Gasteiger partial charge >= 0.3 is 0 Å². The van der Waals surface area contributed by atoms with Gasteiger partial charge < -0.3 is 15.4 Å². The van der Waals surface area contributed by atoms with Crippen LogP contribution in [0.5, 0.6) is 0 Å². The molecule has 1 aromatic carbocycles. The summed E-state index contributed by atoms with van der Waals surface area (Å²) in [5.74, 6) is 0.217. The first-order valence-corrected chi connectivity index (χ1v) is 8.66. The van der Waals surface area contributed by atoms with Gasteiger partial charge in [0.15, 0.2) is 0 Å². The van der Waals surface area contributed by atoms with Crippen LogP contribution in [0.1, 0.15) is 10.4 Å². The highest BCUT2D eigenvalue weighted by Gasteiger charge is 2.11. The summed E-state index contributed by atoms with van der Waals surface area (Å²) in [7, 11) is 0. The number of halogens is 1. The fraction of sp³-hybridized carbons (Fsp3) is 0.333. The van der Waals surface area contributed by atoms with Gasteiger partial charge in [-0.2, -0.15) is 0 Å². The predicted molar refractivity (Wildman–Crippen MR) is 99.4 cm³/mol. The summed E-state index contributed by atoms with van der Waals surface area (Å²) in [4.78, 5) is 18.8. The lowest BCUT2D eigenvalue weighted by Gasteiger charge is -2.26.